The summed E-state index contributed by atoms with van der Waals surface area (Å²) < 4.78 is 0. The Morgan fingerprint density at radius 1 is 1.14 bits per heavy atom. The van der Waals surface area contributed by atoms with E-state index in [-0.39, 0.29) is 0 Å². The highest BCUT2D eigenvalue weighted by molar-refractivity contribution is 8.13. The van der Waals surface area contributed by atoms with Gasteiger partial charge in [-0.25, -0.2) is 0 Å². The molecule has 0 saturated heterocycles. The maximum absolute atomic E-state index is 5.96. The van der Waals surface area contributed by atoms with Crippen LogP contribution in [0, 0.1) is 0 Å². The molecule has 0 unspecified atom stereocenters. The molecule has 1 aliphatic rings. The van der Waals surface area contributed by atoms with Crippen molar-refractivity contribution in [1.29, 1.82) is 0 Å². The zero-order valence-corrected chi connectivity index (χ0v) is 13.8. The maximum atomic E-state index is 5.96. The molecule has 21 heavy (non-hydrogen) atoms. The highest BCUT2D eigenvalue weighted by atomic mass is 35.5. The smallest absolute Gasteiger partial charge is 0.180 e. The summed E-state index contributed by atoms with van der Waals surface area (Å²) in [6.45, 7) is 0. The monoisotopic (exact) mass is 323 g/mol. The number of benzene rings is 1. The molecule has 1 fully saturated rings. The highest BCUT2D eigenvalue weighted by Gasteiger charge is 2.05. The third-order valence-electron chi connectivity index (χ3n) is 3.50. The van der Waals surface area contributed by atoms with E-state index < -0.39 is 0 Å². The van der Waals surface area contributed by atoms with E-state index in [0.29, 0.717) is 5.17 Å². The maximum Gasteiger partial charge on any atom is 0.180 e. The third kappa shape index (κ3) is 6.53. The van der Waals surface area contributed by atoms with Crippen molar-refractivity contribution < 1.29 is 0 Å². The van der Waals surface area contributed by atoms with E-state index in [1.165, 1.54) is 49.6 Å². The molecule has 0 atom stereocenters. The first-order chi connectivity index (χ1) is 10.2. The lowest BCUT2D eigenvalue weighted by Gasteiger charge is -2.09. The lowest BCUT2D eigenvalue weighted by atomic mass is 9.99. The van der Waals surface area contributed by atoms with Crippen LogP contribution in [0.1, 0.15) is 50.5 Å². The quantitative estimate of drug-likeness (QED) is 0.484. The number of hydrogen-bond acceptors (Lipinski definition) is 3. The minimum absolute atomic E-state index is 0.518. The number of nitrogens with two attached hydrogens (primary N) is 1. The summed E-state index contributed by atoms with van der Waals surface area (Å²) in [5.74, 6) is 0.765. The van der Waals surface area contributed by atoms with Crippen molar-refractivity contribution >= 4 is 34.2 Å². The Morgan fingerprint density at radius 3 is 2.57 bits per heavy atom. The average Bonchev–Trinajstić information content (AvgIpc) is 2.44. The molecule has 1 saturated carbocycles. The molecule has 2 N–H and O–H groups in total. The molecule has 1 aromatic carbocycles. The van der Waals surface area contributed by atoms with Crippen molar-refractivity contribution in [2.75, 3.05) is 0 Å². The van der Waals surface area contributed by atoms with Crippen molar-refractivity contribution in [2.45, 2.75) is 50.7 Å². The Labute approximate surface area is 136 Å². The molecule has 0 bridgehead atoms. The first-order valence-electron chi connectivity index (χ1n) is 7.50. The van der Waals surface area contributed by atoms with Gasteiger partial charge in [-0.3, -0.25) is 0 Å². The number of hydrogen-bond donors (Lipinski definition) is 1. The molecule has 5 heteroatoms. The fourth-order valence-corrected chi connectivity index (χ4v) is 3.15. The van der Waals surface area contributed by atoms with Crippen LogP contribution in [0.3, 0.4) is 0 Å². The van der Waals surface area contributed by atoms with Gasteiger partial charge in [0.15, 0.2) is 5.17 Å². The van der Waals surface area contributed by atoms with Gasteiger partial charge in [0.1, 0.15) is 0 Å². The zero-order valence-electron chi connectivity index (χ0n) is 12.2. The van der Waals surface area contributed by atoms with Crippen molar-refractivity contribution in [2.24, 2.45) is 15.9 Å². The predicted octanol–water partition coefficient (Wildman–Crippen LogP) is 4.99. The average molecular weight is 324 g/mol. The number of nitrogens with zero attached hydrogens (tertiary/aromatic N) is 2. The van der Waals surface area contributed by atoms with Gasteiger partial charge < -0.3 is 5.73 Å². The second-order valence-electron chi connectivity index (χ2n) is 5.29. The van der Waals surface area contributed by atoms with Crippen LogP contribution in [0.2, 0.25) is 5.02 Å². The lowest BCUT2D eigenvalue weighted by Crippen LogP contribution is -2.07. The zero-order chi connectivity index (χ0) is 14.9. The largest absolute Gasteiger partial charge is 0.377 e. The molecular formula is C16H22ClN3S. The summed E-state index contributed by atoms with van der Waals surface area (Å²) in [5.41, 5.74) is 8.26. The minimum atomic E-state index is 0.518. The first-order valence-corrected chi connectivity index (χ1v) is 8.86. The van der Waals surface area contributed by atoms with E-state index in [1.54, 1.807) is 0 Å². The van der Waals surface area contributed by atoms with Crippen molar-refractivity contribution in [3.05, 3.63) is 34.9 Å². The molecule has 0 radical (unpaired) electrons. The van der Waals surface area contributed by atoms with Crippen molar-refractivity contribution in [3.8, 4) is 0 Å². The van der Waals surface area contributed by atoms with Gasteiger partial charge in [0.2, 0.25) is 0 Å². The molecule has 1 aromatic rings. The second kappa shape index (κ2) is 9.11. The third-order valence-corrected chi connectivity index (χ3v) is 4.59. The van der Waals surface area contributed by atoms with Crippen LogP contribution in [0.4, 0.5) is 0 Å². The topological polar surface area (TPSA) is 50.7 Å². The van der Waals surface area contributed by atoms with E-state index in [4.69, 9.17) is 17.3 Å². The second-order valence-corrected chi connectivity index (χ2v) is 6.72. The van der Waals surface area contributed by atoms with E-state index >= 15 is 0 Å². The summed E-state index contributed by atoms with van der Waals surface area (Å²) in [7, 11) is 0. The number of rotatable bonds is 3. The van der Waals surface area contributed by atoms with Crippen LogP contribution in [0.5, 0.6) is 0 Å². The molecule has 0 amide bonds. The van der Waals surface area contributed by atoms with Gasteiger partial charge in [0.25, 0.3) is 0 Å². The summed E-state index contributed by atoms with van der Waals surface area (Å²) in [6.07, 6.45) is 8.55. The fourth-order valence-electron chi connectivity index (χ4n) is 2.35. The summed E-state index contributed by atoms with van der Waals surface area (Å²) in [5, 5.41) is 9.78. The molecule has 0 heterocycles. The Balaban J connectivity index is 1.85. The van der Waals surface area contributed by atoms with Crippen LogP contribution in [0.15, 0.2) is 34.5 Å². The van der Waals surface area contributed by atoms with Gasteiger partial charge in [-0.2, -0.15) is 5.10 Å². The summed E-state index contributed by atoms with van der Waals surface area (Å²) in [6, 6.07) is 7.80. The van der Waals surface area contributed by atoms with E-state index in [2.05, 4.69) is 10.2 Å². The van der Waals surface area contributed by atoms with E-state index in [0.717, 1.165) is 29.2 Å². The van der Waals surface area contributed by atoms with Crippen molar-refractivity contribution in [1.82, 2.24) is 0 Å². The number of thioether (sulfide) groups is 1. The predicted molar refractivity (Wildman–Crippen MR) is 94.1 cm³/mol. The van der Waals surface area contributed by atoms with Crippen LogP contribution >= 0.6 is 23.4 Å². The van der Waals surface area contributed by atoms with Crippen LogP contribution in [0.25, 0.3) is 0 Å². The fraction of sp³-hybridized carbons (Fsp3) is 0.500. The number of halogens is 1. The minimum Gasteiger partial charge on any atom is -0.377 e. The van der Waals surface area contributed by atoms with Crippen molar-refractivity contribution in [3.63, 3.8) is 0 Å². The van der Waals surface area contributed by atoms with Gasteiger partial charge >= 0.3 is 0 Å². The van der Waals surface area contributed by atoms with Gasteiger partial charge in [-0.1, -0.05) is 54.8 Å². The highest BCUT2D eigenvalue weighted by Crippen LogP contribution is 2.17. The summed E-state index contributed by atoms with van der Waals surface area (Å²) in [4.78, 5) is 0. The molecule has 0 aliphatic heterocycles. The Morgan fingerprint density at radius 2 is 1.86 bits per heavy atom. The van der Waals surface area contributed by atoms with Gasteiger partial charge in [-0.15, -0.1) is 5.10 Å². The van der Waals surface area contributed by atoms with Crippen LogP contribution in [-0.4, -0.2) is 10.9 Å². The first kappa shape index (κ1) is 16.4. The normalized spacial score (nSPS) is 17.2. The molecule has 3 nitrogen and oxygen atoms in total. The van der Waals surface area contributed by atoms with E-state index in [9.17, 15) is 0 Å². The van der Waals surface area contributed by atoms with Crippen LogP contribution in [-0.2, 0) is 5.75 Å². The SMILES string of the molecule is N/C(=N/N=C1CCCCCCC1)SCc1cccc(Cl)c1. The standard InChI is InChI=1S/C16H22ClN3S/c17-14-8-6-7-13(11-14)12-21-16(18)20-19-15-9-4-2-1-3-5-10-15/h6-8,11H,1-5,9-10,12H2,(H2,18,20). The molecule has 0 aromatic heterocycles. The van der Waals surface area contributed by atoms with E-state index in [1.807, 2.05) is 24.3 Å². The Bertz CT molecular complexity index is 504. The lowest BCUT2D eigenvalue weighted by molar-refractivity contribution is 0.605. The Hall–Kier alpha value is -1.00. The van der Waals surface area contributed by atoms with Gasteiger partial charge in [0, 0.05) is 16.5 Å². The molecule has 114 valence electrons. The molecule has 2 rings (SSSR count). The van der Waals surface area contributed by atoms with Crippen LogP contribution < -0.4 is 5.73 Å². The molecule has 1 aliphatic carbocycles. The number of amidine groups is 1. The molecular weight excluding hydrogens is 302 g/mol. The van der Waals surface area contributed by atoms with Gasteiger partial charge in [0.05, 0.1) is 0 Å². The Kier molecular flexibility index (Phi) is 7.10. The van der Waals surface area contributed by atoms with Gasteiger partial charge in [-0.05, 0) is 43.4 Å². The summed E-state index contributed by atoms with van der Waals surface area (Å²) >= 11 is 7.46. The molecule has 0 spiro atoms.